The summed E-state index contributed by atoms with van der Waals surface area (Å²) in [6, 6.07) is 4.99. The second-order valence-electron chi connectivity index (χ2n) is 5.74. The van der Waals surface area contributed by atoms with Crippen molar-refractivity contribution in [2.45, 2.75) is 24.3 Å². The Morgan fingerprint density at radius 3 is 2.83 bits per heavy atom. The molecule has 0 atom stereocenters. The molecule has 1 aliphatic rings. The number of nitrogens with two attached hydrogens (primary N) is 1. The maximum atomic E-state index is 11.6. The minimum absolute atomic E-state index is 0.114. The van der Waals surface area contributed by atoms with E-state index in [-0.39, 0.29) is 4.90 Å². The molecular formula is C14H19N5O3S. The van der Waals surface area contributed by atoms with Crippen LogP contribution in [-0.2, 0) is 23.0 Å². The molecule has 0 unspecified atom stereocenters. The third kappa shape index (κ3) is 3.30. The summed E-state index contributed by atoms with van der Waals surface area (Å²) in [5.41, 5.74) is 1.95. The molecule has 1 aromatic carbocycles. The number of sulfonamides is 1. The van der Waals surface area contributed by atoms with Crippen LogP contribution in [0.15, 0.2) is 27.6 Å². The number of fused-ring (bicyclic) bond motifs is 1. The summed E-state index contributed by atoms with van der Waals surface area (Å²) in [6.07, 6.45) is 1.89. The highest BCUT2D eigenvalue weighted by Gasteiger charge is 2.22. The molecule has 1 aliphatic heterocycles. The highest BCUT2D eigenvalue weighted by Crippen LogP contribution is 2.30. The van der Waals surface area contributed by atoms with E-state index >= 15 is 0 Å². The maximum absolute atomic E-state index is 11.6. The Hall–Kier alpha value is -2.13. The summed E-state index contributed by atoms with van der Waals surface area (Å²) < 4.78 is 28.4. The molecule has 0 bridgehead atoms. The van der Waals surface area contributed by atoms with Gasteiger partial charge < -0.3 is 14.3 Å². The van der Waals surface area contributed by atoms with Gasteiger partial charge in [0.2, 0.25) is 15.9 Å². The Morgan fingerprint density at radius 2 is 2.17 bits per heavy atom. The normalized spacial score (nSPS) is 14.7. The summed E-state index contributed by atoms with van der Waals surface area (Å²) in [5.74, 6) is 0.998. The SMILES string of the molecule is CN(C)c1noc(CN2CCCc3ccc(S(N)(=O)=O)cc32)n1. The minimum Gasteiger partial charge on any atom is -0.362 e. The molecule has 0 amide bonds. The fraction of sp³-hybridized carbons (Fsp3) is 0.429. The summed E-state index contributed by atoms with van der Waals surface area (Å²) in [7, 11) is -0.0514. The molecule has 0 saturated heterocycles. The molecular weight excluding hydrogens is 318 g/mol. The van der Waals surface area contributed by atoms with Crippen LogP contribution in [-0.4, -0.2) is 39.2 Å². The number of rotatable bonds is 4. The van der Waals surface area contributed by atoms with Gasteiger partial charge in [-0.05, 0) is 35.7 Å². The zero-order valence-electron chi connectivity index (χ0n) is 13.1. The van der Waals surface area contributed by atoms with Crippen LogP contribution in [0.1, 0.15) is 17.9 Å². The second-order valence-corrected chi connectivity index (χ2v) is 7.30. The summed E-state index contributed by atoms with van der Waals surface area (Å²) in [4.78, 5) is 8.23. The van der Waals surface area contributed by atoms with E-state index in [1.807, 2.05) is 25.1 Å². The quantitative estimate of drug-likeness (QED) is 0.877. The van der Waals surface area contributed by atoms with Crippen molar-refractivity contribution in [3.63, 3.8) is 0 Å². The highest BCUT2D eigenvalue weighted by atomic mass is 32.2. The van der Waals surface area contributed by atoms with Crippen molar-refractivity contribution in [1.29, 1.82) is 0 Å². The zero-order valence-corrected chi connectivity index (χ0v) is 13.9. The Bertz CT molecular complexity index is 816. The van der Waals surface area contributed by atoms with Crippen LogP contribution < -0.4 is 14.9 Å². The molecule has 1 aromatic heterocycles. The standard InChI is InChI=1S/C14H19N5O3S/c1-18(2)14-16-13(22-17-14)9-19-7-3-4-10-5-6-11(8-12(10)19)23(15,20)21/h5-6,8H,3-4,7,9H2,1-2H3,(H2,15,20,21). The average molecular weight is 337 g/mol. The maximum Gasteiger partial charge on any atom is 0.265 e. The van der Waals surface area contributed by atoms with Gasteiger partial charge in [0.05, 0.1) is 11.4 Å². The molecule has 2 aromatic rings. The number of nitrogens with zero attached hydrogens (tertiary/aromatic N) is 4. The first kappa shape index (κ1) is 15.8. The molecule has 0 fully saturated rings. The summed E-state index contributed by atoms with van der Waals surface area (Å²) in [6.45, 7) is 1.22. The molecule has 2 heterocycles. The van der Waals surface area contributed by atoms with E-state index in [2.05, 4.69) is 10.1 Å². The van der Waals surface area contributed by atoms with Gasteiger partial charge in [0, 0.05) is 26.3 Å². The molecule has 0 radical (unpaired) electrons. The van der Waals surface area contributed by atoms with Crippen molar-refractivity contribution in [3.05, 3.63) is 29.7 Å². The Kier molecular flexibility index (Phi) is 3.99. The molecule has 124 valence electrons. The van der Waals surface area contributed by atoms with Crippen LogP contribution in [0.5, 0.6) is 0 Å². The van der Waals surface area contributed by atoms with E-state index in [1.165, 1.54) is 0 Å². The molecule has 0 saturated carbocycles. The smallest absolute Gasteiger partial charge is 0.265 e. The van der Waals surface area contributed by atoms with E-state index in [0.717, 1.165) is 30.6 Å². The van der Waals surface area contributed by atoms with Crippen molar-refractivity contribution >= 4 is 21.7 Å². The number of benzene rings is 1. The molecule has 23 heavy (non-hydrogen) atoms. The number of primary sulfonamides is 1. The van der Waals surface area contributed by atoms with E-state index in [0.29, 0.717) is 18.4 Å². The highest BCUT2D eigenvalue weighted by molar-refractivity contribution is 7.89. The third-order valence-corrected chi connectivity index (χ3v) is 4.69. The second kappa shape index (κ2) is 5.82. The van der Waals surface area contributed by atoms with Crippen LogP contribution in [0.25, 0.3) is 0 Å². The molecule has 0 spiro atoms. The van der Waals surface area contributed by atoms with Crippen molar-refractivity contribution < 1.29 is 12.9 Å². The fourth-order valence-corrected chi connectivity index (χ4v) is 3.16. The first-order chi connectivity index (χ1) is 10.8. The van der Waals surface area contributed by atoms with E-state index in [1.54, 1.807) is 17.0 Å². The molecule has 3 rings (SSSR count). The lowest BCUT2D eigenvalue weighted by Crippen LogP contribution is -2.29. The van der Waals surface area contributed by atoms with Gasteiger partial charge in [-0.1, -0.05) is 6.07 Å². The molecule has 2 N–H and O–H groups in total. The Morgan fingerprint density at radius 1 is 1.39 bits per heavy atom. The average Bonchev–Trinajstić information content (AvgIpc) is 2.95. The van der Waals surface area contributed by atoms with E-state index in [4.69, 9.17) is 9.66 Å². The first-order valence-electron chi connectivity index (χ1n) is 7.25. The number of hydrogen-bond donors (Lipinski definition) is 1. The molecule has 9 heteroatoms. The van der Waals surface area contributed by atoms with Crippen molar-refractivity contribution in [2.24, 2.45) is 5.14 Å². The van der Waals surface area contributed by atoms with Crippen LogP contribution in [0.3, 0.4) is 0 Å². The van der Waals surface area contributed by atoms with Crippen LogP contribution in [0.2, 0.25) is 0 Å². The van der Waals surface area contributed by atoms with Crippen LogP contribution in [0, 0.1) is 0 Å². The van der Waals surface area contributed by atoms with Crippen molar-refractivity contribution in [2.75, 3.05) is 30.4 Å². The molecule has 0 aliphatic carbocycles. The van der Waals surface area contributed by atoms with Gasteiger partial charge in [0.1, 0.15) is 0 Å². The predicted octanol–water partition coefficient (Wildman–Crippen LogP) is 0.736. The Labute approximate surface area is 134 Å². The van der Waals surface area contributed by atoms with Crippen molar-refractivity contribution in [1.82, 2.24) is 10.1 Å². The van der Waals surface area contributed by atoms with Crippen LogP contribution in [0.4, 0.5) is 11.6 Å². The summed E-state index contributed by atoms with van der Waals surface area (Å²) >= 11 is 0. The monoisotopic (exact) mass is 337 g/mol. The number of hydrogen-bond acceptors (Lipinski definition) is 7. The fourth-order valence-electron chi connectivity index (χ4n) is 2.63. The lowest BCUT2D eigenvalue weighted by Gasteiger charge is -2.30. The van der Waals surface area contributed by atoms with Gasteiger partial charge in [0.15, 0.2) is 0 Å². The van der Waals surface area contributed by atoms with Crippen molar-refractivity contribution in [3.8, 4) is 0 Å². The van der Waals surface area contributed by atoms with Crippen LogP contribution >= 0.6 is 0 Å². The Balaban J connectivity index is 1.90. The third-order valence-electron chi connectivity index (χ3n) is 3.78. The van der Waals surface area contributed by atoms with Gasteiger partial charge >= 0.3 is 0 Å². The lowest BCUT2D eigenvalue weighted by atomic mass is 10.0. The minimum atomic E-state index is -3.72. The summed E-state index contributed by atoms with van der Waals surface area (Å²) in [5, 5.41) is 9.12. The molecule has 8 nitrogen and oxygen atoms in total. The largest absolute Gasteiger partial charge is 0.362 e. The first-order valence-corrected chi connectivity index (χ1v) is 8.80. The topological polar surface area (TPSA) is 106 Å². The van der Waals surface area contributed by atoms with Gasteiger partial charge in [0.25, 0.3) is 5.95 Å². The van der Waals surface area contributed by atoms with Gasteiger partial charge in [-0.15, -0.1) is 0 Å². The predicted molar refractivity (Wildman–Crippen MR) is 85.8 cm³/mol. The number of aromatic nitrogens is 2. The number of aryl methyl sites for hydroxylation is 1. The van der Waals surface area contributed by atoms with Gasteiger partial charge in [-0.3, -0.25) is 0 Å². The van der Waals surface area contributed by atoms with E-state index in [9.17, 15) is 8.42 Å². The van der Waals surface area contributed by atoms with E-state index < -0.39 is 10.0 Å². The van der Waals surface area contributed by atoms with Gasteiger partial charge in [-0.2, -0.15) is 4.98 Å². The van der Waals surface area contributed by atoms with Gasteiger partial charge in [-0.25, -0.2) is 13.6 Å². The lowest BCUT2D eigenvalue weighted by molar-refractivity contribution is 0.374. The zero-order chi connectivity index (χ0) is 16.6. The number of anilines is 2.